The van der Waals surface area contributed by atoms with Crippen molar-refractivity contribution in [2.75, 3.05) is 0 Å². The lowest BCUT2D eigenvalue weighted by Crippen LogP contribution is -2.15. The minimum atomic E-state index is -0.971. The first-order valence-corrected chi connectivity index (χ1v) is 6.62. The van der Waals surface area contributed by atoms with Gasteiger partial charge in [-0.1, -0.05) is 13.8 Å². The Morgan fingerprint density at radius 2 is 2.05 bits per heavy atom. The van der Waals surface area contributed by atoms with Gasteiger partial charge in [0.1, 0.15) is 6.33 Å². The predicted molar refractivity (Wildman–Crippen MR) is 76.0 cm³/mol. The summed E-state index contributed by atoms with van der Waals surface area (Å²) in [6, 6.07) is 4.75. The number of carbonyl (C=O) groups is 1. The Kier molecular flexibility index (Phi) is 4.17. The molecule has 0 aliphatic carbocycles. The number of aromatic nitrogens is 2. The van der Waals surface area contributed by atoms with Crippen LogP contribution in [0.2, 0.25) is 0 Å². The molecule has 5 nitrogen and oxygen atoms in total. The van der Waals surface area contributed by atoms with E-state index in [2.05, 4.69) is 23.8 Å². The van der Waals surface area contributed by atoms with Crippen LogP contribution in [0.5, 0.6) is 5.88 Å². The maximum atomic E-state index is 11.0. The minimum absolute atomic E-state index is 0.0484. The molecule has 1 unspecified atom stereocenters. The van der Waals surface area contributed by atoms with Crippen molar-refractivity contribution >= 4 is 16.9 Å². The fraction of sp³-hybridized carbons (Fsp3) is 0.400. The number of hydrogen-bond donors (Lipinski definition) is 1. The van der Waals surface area contributed by atoms with Crippen LogP contribution in [-0.2, 0) is 0 Å². The predicted octanol–water partition coefficient (Wildman–Crippen LogP) is 3.14. The molecule has 1 N–H and O–H groups in total. The van der Waals surface area contributed by atoms with E-state index in [-0.39, 0.29) is 11.7 Å². The summed E-state index contributed by atoms with van der Waals surface area (Å²) in [7, 11) is 0. The molecule has 0 saturated heterocycles. The van der Waals surface area contributed by atoms with Crippen LogP contribution in [0.3, 0.4) is 0 Å². The number of carboxylic acid groups (broad SMARTS) is 1. The van der Waals surface area contributed by atoms with Gasteiger partial charge in [-0.05, 0) is 37.5 Å². The quantitative estimate of drug-likeness (QED) is 0.906. The van der Waals surface area contributed by atoms with Crippen molar-refractivity contribution in [3.8, 4) is 5.88 Å². The SMILES string of the molecule is CC(C)CC(C)Oc1ncnc2cc(C(=O)O)ccc12. The molecule has 5 heteroatoms. The van der Waals surface area contributed by atoms with E-state index in [1.807, 2.05) is 6.92 Å². The van der Waals surface area contributed by atoms with Crippen LogP contribution in [0.25, 0.3) is 10.9 Å². The van der Waals surface area contributed by atoms with Gasteiger partial charge in [0.15, 0.2) is 0 Å². The van der Waals surface area contributed by atoms with Gasteiger partial charge >= 0.3 is 5.97 Å². The van der Waals surface area contributed by atoms with Crippen LogP contribution in [0.1, 0.15) is 37.6 Å². The molecule has 106 valence electrons. The standard InChI is InChI=1S/C15H18N2O3/c1-9(2)6-10(3)20-14-12-5-4-11(15(18)19)7-13(12)16-8-17-14/h4-5,7-10H,6H2,1-3H3,(H,18,19). The zero-order valence-electron chi connectivity index (χ0n) is 11.8. The molecule has 1 atom stereocenters. The highest BCUT2D eigenvalue weighted by Crippen LogP contribution is 2.24. The monoisotopic (exact) mass is 274 g/mol. The highest BCUT2D eigenvalue weighted by molar-refractivity contribution is 5.94. The smallest absolute Gasteiger partial charge is 0.335 e. The third-order valence-electron chi connectivity index (χ3n) is 2.96. The summed E-state index contributed by atoms with van der Waals surface area (Å²) in [6.45, 7) is 6.27. The number of ether oxygens (including phenoxy) is 1. The summed E-state index contributed by atoms with van der Waals surface area (Å²) >= 11 is 0. The Balaban J connectivity index is 2.32. The summed E-state index contributed by atoms with van der Waals surface area (Å²) in [5.41, 5.74) is 0.782. The third kappa shape index (κ3) is 3.23. The lowest BCUT2D eigenvalue weighted by atomic mass is 10.1. The molecule has 2 rings (SSSR count). The lowest BCUT2D eigenvalue weighted by Gasteiger charge is -2.16. The first kappa shape index (κ1) is 14.2. The average Bonchev–Trinajstić information content (AvgIpc) is 2.37. The summed E-state index contributed by atoms with van der Waals surface area (Å²) < 4.78 is 5.84. The topological polar surface area (TPSA) is 72.3 Å². The van der Waals surface area contributed by atoms with Crippen LogP contribution in [0.15, 0.2) is 24.5 Å². The number of carboxylic acids is 1. The van der Waals surface area contributed by atoms with Gasteiger partial charge < -0.3 is 9.84 Å². The van der Waals surface area contributed by atoms with E-state index in [1.54, 1.807) is 6.07 Å². The van der Waals surface area contributed by atoms with Crippen LogP contribution in [0, 0.1) is 5.92 Å². The van der Waals surface area contributed by atoms with E-state index in [9.17, 15) is 4.79 Å². The molecule has 20 heavy (non-hydrogen) atoms. The molecule has 1 aromatic heterocycles. The van der Waals surface area contributed by atoms with E-state index in [0.717, 1.165) is 11.8 Å². The van der Waals surface area contributed by atoms with Gasteiger partial charge in [0.25, 0.3) is 0 Å². The van der Waals surface area contributed by atoms with Crippen LogP contribution >= 0.6 is 0 Å². The lowest BCUT2D eigenvalue weighted by molar-refractivity contribution is 0.0697. The van der Waals surface area contributed by atoms with Crippen LogP contribution < -0.4 is 4.74 Å². The highest BCUT2D eigenvalue weighted by atomic mass is 16.5. The molecule has 0 fully saturated rings. The molecular formula is C15H18N2O3. The van der Waals surface area contributed by atoms with E-state index in [1.165, 1.54) is 18.5 Å². The Bertz CT molecular complexity index is 626. The number of hydrogen-bond acceptors (Lipinski definition) is 4. The van der Waals surface area contributed by atoms with Crippen molar-refractivity contribution in [2.45, 2.75) is 33.3 Å². The first-order valence-electron chi connectivity index (χ1n) is 6.62. The molecule has 1 aromatic carbocycles. The molecule has 0 radical (unpaired) electrons. The number of aromatic carboxylic acids is 1. The summed E-state index contributed by atoms with van der Waals surface area (Å²) in [6.07, 6.45) is 2.37. The zero-order valence-corrected chi connectivity index (χ0v) is 11.8. The maximum absolute atomic E-state index is 11.0. The molecule has 1 heterocycles. The number of benzene rings is 1. The van der Waals surface area contributed by atoms with Crippen molar-refractivity contribution < 1.29 is 14.6 Å². The van der Waals surface area contributed by atoms with E-state index >= 15 is 0 Å². The Morgan fingerprint density at radius 1 is 1.30 bits per heavy atom. The molecule has 0 saturated carbocycles. The van der Waals surface area contributed by atoms with Crippen molar-refractivity contribution in [2.24, 2.45) is 5.92 Å². The highest BCUT2D eigenvalue weighted by Gasteiger charge is 2.12. The van der Waals surface area contributed by atoms with Crippen molar-refractivity contribution in [1.29, 1.82) is 0 Å². The fourth-order valence-corrected chi connectivity index (χ4v) is 2.16. The van der Waals surface area contributed by atoms with Crippen molar-refractivity contribution in [1.82, 2.24) is 9.97 Å². The number of rotatable bonds is 5. The molecule has 0 amide bonds. The second-order valence-electron chi connectivity index (χ2n) is 5.27. The summed E-state index contributed by atoms with van der Waals surface area (Å²) in [5.74, 6) is 0.0676. The molecular weight excluding hydrogens is 256 g/mol. The van der Waals surface area contributed by atoms with Gasteiger partial charge in [-0.3, -0.25) is 0 Å². The average molecular weight is 274 g/mol. The van der Waals surface area contributed by atoms with Gasteiger partial charge in [0.05, 0.1) is 22.6 Å². The van der Waals surface area contributed by atoms with E-state index in [4.69, 9.17) is 9.84 Å². The fourth-order valence-electron chi connectivity index (χ4n) is 2.16. The summed E-state index contributed by atoms with van der Waals surface area (Å²) in [5, 5.41) is 9.71. The maximum Gasteiger partial charge on any atom is 0.335 e. The molecule has 0 bridgehead atoms. The zero-order chi connectivity index (χ0) is 14.7. The first-order chi connectivity index (χ1) is 9.47. The number of fused-ring (bicyclic) bond motifs is 1. The minimum Gasteiger partial charge on any atom is -0.478 e. The second kappa shape index (κ2) is 5.86. The van der Waals surface area contributed by atoms with Crippen LogP contribution in [-0.4, -0.2) is 27.1 Å². The second-order valence-corrected chi connectivity index (χ2v) is 5.27. The van der Waals surface area contributed by atoms with Crippen molar-refractivity contribution in [3.63, 3.8) is 0 Å². The Hall–Kier alpha value is -2.17. The van der Waals surface area contributed by atoms with E-state index < -0.39 is 5.97 Å². The molecule has 0 aliphatic heterocycles. The van der Waals surface area contributed by atoms with Crippen LogP contribution in [0.4, 0.5) is 0 Å². The Morgan fingerprint density at radius 3 is 2.70 bits per heavy atom. The van der Waals surface area contributed by atoms with Gasteiger partial charge in [-0.15, -0.1) is 0 Å². The van der Waals surface area contributed by atoms with Gasteiger partial charge in [0.2, 0.25) is 5.88 Å². The molecule has 0 spiro atoms. The van der Waals surface area contributed by atoms with Gasteiger partial charge in [-0.25, -0.2) is 14.8 Å². The van der Waals surface area contributed by atoms with Gasteiger partial charge in [0, 0.05) is 0 Å². The molecule has 0 aliphatic rings. The number of nitrogens with zero attached hydrogens (tertiary/aromatic N) is 2. The largest absolute Gasteiger partial charge is 0.478 e. The van der Waals surface area contributed by atoms with Gasteiger partial charge in [-0.2, -0.15) is 0 Å². The van der Waals surface area contributed by atoms with Crippen molar-refractivity contribution in [3.05, 3.63) is 30.1 Å². The third-order valence-corrected chi connectivity index (χ3v) is 2.96. The molecule has 2 aromatic rings. The summed E-state index contributed by atoms with van der Waals surface area (Å²) in [4.78, 5) is 19.2. The Labute approximate surface area is 117 Å². The van der Waals surface area contributed by atoms with E-state index in [0.29, 0.717) is 17.3 Å². The normalized spacial score (nSPS) is 12.6.